The van der Waals surface area contributed by atoms with Gasteiger partial charge in [0.2, 0.25) is 0 Å². The van der Waals surface area contributed by atoms with Gasteiger partial charge in [-0.1, -0.05) is 0 Å². The molecule has 17 heavy (non-hydrogen) atoms. The summed E-state index contributed by atoms with van der Waals surface area (Å²) < 4.78 is 1.62. The minimum atomic E-state index is -0.580. The number of carbonyl (C=O) groups excluding carboxylic acids is 1. The number of aromatic nitrogens is 2. The molecule has 90 valence electrons. The van der Waals surface area contributed by atoms with Crippen molar-refractivity contribution in [3.63, 3.8) is 0 Å². The molecule has 1 atom stereocenters. The van der Waals surface area contributed by atoms with Crippen LogP contribution >= 0.6 is 0 Å². The summed E-state index contributed by atoms with van der Waals surface area (Å²) in [4.78, 5) is 15.9. The van der Waals surface area contributed by atoms with Gasteiger partial charge in [0.05, 0.1) is 12.3 Å². The Hall–Kier alpha value is -2.08. The molecule has 0 saturated heterocycles. The molecule has 0 aliphatic heterocycles. The Morgan fingerprint density at radius 3 is 3.12 bits per heavy atom. The van der Waals surface area contributed by atoms with Crippen LogP contribution in [0.4, 0.5) is 5.69 Å². The van der Waals surface area contributed by atoms with Crippen LogP contribution in [-0.4, -0.2) is 33.0 Å². The molecule has 0 spiro atoms. The van der Waals surface area contributed by atoms with E-state index >= 15 is 0 Å². The smallest absolute Gasteiger partial charge is 0.270 e. The zero-order valence-corrected chi connectivity index (χ0v) is 9.42. The van der Waals surface area contributed by atoms with Crippen LogP contribution in [0.15, 0.2) is 24.5 Å². The maximum atomic E-state index is 11.8. The van der Waals surface area contributed by atoms with E-state index in [-0.39, 0.29) is 12.5 Å². The average Bonchev–Trinajstić information content (AvgIpc) is 2.68. The highest BCUT2D eigenvalue weighted by Crippen LogP contribution is 2.10. The second kappa shape index (κ2) is 4.42. The third-order valence-electron chi connectivity index (χ3n) is 2.32. The molecule has 0 aromatic carbocycles. The minimum Gasteiger partial charge on any atom is -0.398 e. The number of carbonyl (C=O) groups is 1. The first-order chi connectivity index (χ1) is 8.08. The summed E-state index contributed by atoms with van der Waals surface area (Å²) in [5.74, 6) is -0.288. The van der Waals surface area contributed by atoms with E-state index in [4.69, 9.17) is 10.8 Å². The summed E-state index contributed by atoms with van der Waals surface area (Å²) in [6.07, 6.45) is 2.54. The number of nitrogens with one attached hydrogen (secondary N) is 1. The number of rotatable bonds is 3. The molecule has 2 heterocycles. The number of hydrogen-bond donors (Lipinski definition) is 3. The number of fused-ring (bicyclic) bond motifs is 1. The van der Waals surface area contributed by atoms with Crippen molar-refractivity contribution in [2.24, 2.45) is 0 Å². The largest absolute Gasteiger partial charge is 0.398 e. The molecule has 6 heteroatoms. The summed E-state index contributed by atoms with van der Waals surface area (Å²) in [6, 6.07) is 3.46. The molecule has 2 rings (SSSR count). The zero-order chi connectivity index (χ0) is 12.4. The minimum absolute atomic E-state index is 0.203. The van der Waals surface area contributed by atoms with E-state index in [1.54, 1.807) is 29.7 Å². The molecule has 0 bridgehead atoms. The molecule has 1 amide bonds. The Labute approximate surface area is 98.1 Å². The van der Waals surface area contributed by atoms with Gasteiger partial charge in [-0.25, -0.2) is 4.98 Å². The lowest BCUT2D eigenvalue weighted by Crippen LogP contribution is -2.31. The quantitative estimate of drug-likeness (QED) is 0.698. The lowest BCUT2D eigenvalue weighted by molar-refractivity contribution is 0.0918. The van der Waals surface area contributed by atoms with Gasteiger partial charge in [0.25, 0.3) is 5.91 Å². The molecule has 6 nitrogen and oxygen atoms in total. The van der Waals surface area contributed by atoms with Crippen LogP contribution in [0, 0.1) is 0 Å². The topological polar surface area (TPSA) is 92.6 Å². The third-order valence-corrected chi connectivity index (χ3v) is 2.32. The van der Waals surface area contributed by atoms with Gasteiger partial charge >= 0.3 is 0 Å². The molecular weight excluding hydrogens is 220 g/mol. The molecule has 0 fully saturated rings. The van der Waals surface area contributed by atoms with E-state index in [0.29, 0.717) is 17.0 Å². The first-order valence-corrected chi connectivity index (χ1v) is 5.27. The average molecular weight is 234 g/mol. The maximum absolute atomic E-state index is 11.8. The molecule has 0 aliphatic carbocycles. The molecule has 2 aromatic heterocycles. The van der Waals surface area contributed by atoms with Gasteiger partial charge in [-0.15, -0.1) is 0 Å². The monoisotopic (exact) mass is 234 g/mol. The first kappa shape index (κ1) is 11.4. The van der Waals surface area contributed by atoms with Gasteiger partial charge < -0.3 is 16.2 Å². The predicted octanol–water partition coefficient (Wildman–Crippen LogP) is 0.0271. The molecule has 0 saturated carbocycles. The van der Waals surface area contributed by atoms with E-state index in [2.05, 4.69) is 10.3 Å². The Balaban J connectivity index is 2.29. The van der Waals surface area contributed by atoms with Gasteiger partial charge in [-0.05, 0) is 19.1 Å². The highest BCUT2D eigenvalue weighted by Gasteiger charge is 2.12. The summed E-state index contributed by atoms with van der Waals surface area (Å²) >= 11 is 0. The second-order valence-corrected chi connectivity index (χ2v) is 3.89. The van der Waals surface area contributed by atoms with Crippen molar-refractivity contribution in [3.05, 3.63) is 30.2 Å². The van der Waals surface area contributed by atoms with Crippen molar-refractivity contribution < 1.29 is 9.90 Å². The van der Waals surface area contributed by atoms with E-state index in [1.807, 2.05) is 0 Å². The van der Waals surface area contributed by atoms with Gasteiger partial charge in [-0.3, -0.25) is 9.20 Å². The summed E-state index contributed by atoms with van der Waals surface area (Å²) in [6.45, 7) is 1.81. The van der Waals surface area contributed by atoms with E-state index in [0.717, 1.165) is 0 Å². The van der Waals surface area contributed by atoms with Crippen molar-refractivity contribution >= 4 is 17.2 Å². The number of amides is 1. The Bertz CT molecular complexity index is 547. The number of nitrogens with zero attached hydrogens (tertiary/aromatic N) is 2. The van der Waals surface area contributed by atoms with Crippen molar-refractivity contribution in [1.82, 2.24) is 14.7 Å². The van der Waals surface area contributed by atoms with Crippen molar-refractivity contribution in [2.45, 2.75) is 13.0 Å². The number of imidazole rings is 1. The van der Waals surface area contributed by atoms with E-state index < -0.39 is 6.10 Å². The summed E-state index contributed by atoms with van der Waals surface area (Å²) in [5.41, 5.74) is 7.26. The van der Waals surface area contributed by atoms with Crippen LogP contribution in [0.2, 0.25) is 0 Å². The number of anilines is 1. The fourth-order valence-electron chi connectivity index (χ4n) is 1.50. The maximum Gasteiger partial charge on any atom is 0.270 e. The molecular formula is C11H14N4O2. The first-order valence-electron chi connectivity index (χ1n) is 5.27. The fourth-order valence-corrected chi connectivity index (χ4v) is 1.50. The van der Waals surface area contributed by atoms with Gasteiger partial charge in [0.1, 0.15) is 11.3 Å². The van der Waals surface area contributed by atoms with Crippen LogP contribution in [0.1, 0.15) is 17.4 Å². The van der Waals surface area contributed by atoms with E-state index in [9.17, 15) is 4.79 Å². The molecule has 0 radical (unpaired) electrons. The normalized spacial score (nSPS) is 12.6. The molecule has 2 aromatic rings. The number of nitrogens with two attached hydrogens (primary N) is 1. The van der Waals surface area contributed by atoms with Gasteiger partial charge in [0, 0.05) is 18.4 Å². The van der Waals surface area contributed by atoms with Crippen LogP contribution in [-0.2, 0) is 0 Å². The number of pyridine rings is 1. The number of aliphatic hydroxyl groups is 1. The number of hydrogen-bond acceptors (Lipinski definition) is 4. The number of aliphatic hydroxyl groups excluding tert-OH is 1. The lowest BCUT2D eigenvalue weighted by Gasteiger charge is -2.06. The SMILES string of the molecule is CC(O)CNC(=O)c1cnc2ccc(N)cn12. The van der Waals surface area contributed by atoms with Crippen LogP contribution in [0.3, 0.4) is 0 Å². The van der Waals surface area contributed by atoms with Crippen LogP contribution in [0.5, 0.6) is 0 Å². The fraction of sp³-hybridized carbons (Fsp3) is 0.273. The Morgan fingerprint density at radius 1 is 1.65 bits per heavy atom. The molecule has 1 unspecified atom stereocenters. The van der Waals surface area contributed by atoms with Crippen molar-refractivity contribution in [3.8, 4) is 0 Å². The van der Waals surface area contributed by atoms with Crippen molar-refractivity contribution in [1.29, 1.82) is 0 Å². The predicted molar refractivity (Wildman–Crippen MR) is 63.6 cm³/mol. The standard InChI is InChI=1S/C11H14N4O2/c1-7(16)4-14-11(17)9-5-13-10-3-2-8(12)6-15(9)10/h2-3,5-7,16H,4,12H2,1H3,(H,14,17). The van der Waals surface area contributed by atoms with Crippen molar-refractivity contribution in [2.75, 3.05) is 12.3 Å². The molecule has 0 aliphatic rings. The highest BCUT2D eigenvalue weighted by atomic mass is 16.3. The van der Waals surface area contributed by atoms with Gasteiger partial charge in [-0.2, -0.15) is 0 Å². The van der Waals surface area contributed by atoms with E-state index in [1.165, 1.54) is 6.20 Å². The Kier molecular flexibility index (Phi) is 2.97. The summed E-state index contributed by atoms with van der Waals surface area (Å²) in [5, 5.41) is 11.7. The second-order valence-electron chi connectivity index (χ2n) is 3.89. The molecule has 4 N–H and O–H groups in total. The highest BCUT2D eigenvalue weighted by molar-refractivity contribution is 5.93. The summed E-state index contributed by atoms with van der Waals surface area (Å²) in [7, 11) is 0. The zero-order valence-electron chi connectivity index (χ0n) is 9.42. The Morgan fingerprint density at radius 2 is 2.41 bits per heavy atom. The van der Waals surface area contributed by atoms with Crippen LogP contribution in [0.25, 0.3) is 5.65 Å². The van der Waals surface area contributed by atoms with Crippen LogP contribution < -0.4 is 11.1 Å². The third kappa shape index (κ3) is 2.36. The number of nitrogen functional groups attached to an aromatic ring is 1. The lowest BCUT2D eigenvalue weighted by atomic mass is 10.3. The van der Waals surface area contributed by atoms with Gasteiger partial charge in [0.15, 0.2) is 0 Å².